The minimum absolute atomic E-state index is 0.0514. The second-order valence-corrected chi connectivity index (χ2v) is 6.08. The number of carbonyl (C=O) groups is 2. The molecule has 2 amide bonds. The fourth-order valence-corrected chi connectivity index (χ4v) is 2.80. The summed E-state index contributed by atoms with van der Waals surface area (Å²) in [5.41, 5.74) is 1.72. The molecular weight excluding hydrogens is 332 g/mol. The zero-order valence-electron chi connectivity index (χ0n) is 14.7. The first kappa shape index (κ1) is 17.8. The van der Waals surface area contributed by atoms with E-state index in [2.05, 4.69) is 10.6 Å². The van der Waals surface area contributed by atoms with Gasteiger partial charge in [0.05, 0.1) is 12.8 Å². The molecule has 2 aromatic carbocycles. The zero-order chi connectivity index (χ0) is 18.4. The summed E-state index contributed by atoms with van der Waals surface area (Å²) in [6, 6.07) is 15.0. The first-order chi connectivity index (χ1) is 12.7. The van der Waals surface area contributed by atoms with Crippen molar-refractivity contribution in [1.82, 2.24) is 5.32 Å². The van der Waals surface area contributed by atoms with Crippen molar-refractivity contribution in [2.24, 2.45) is 0 Å². The number of anilines is 1. The third-order valence-electron chi connectivity index (χ3n) is 4.21. The van der Waals surface area contributed by atoms with Crippen LogP contribution in [0.1, 0.15) is 18.4 Å². The van der Waals surface area contributed by atoms with Crippen LogP contribution in [-0.2, 0) is 16.0 Å². The predicted octanol–water partition coefficient (Wildman–Crippen LogP) is 2.53. The van der Waals surface area contributed by atoms with Crippen LogP contribution < -0.4 is 20.1 Å². The summed E-state index contributed by atoms with van der Waals surface area (Å²) in [5, 5.41) is 5.66. The largest absolute Gasteiger partial charge is 0.497 e. The van der Waals surface area contributed by atoms with Gasteiger partial charge in [0.1, 0.15) is 11.5 Å². The van der Waals surface area contributed by atoms with Crippen molar-refractivity contribution >= 4 is 17.5 Å². The molecule has 2 aromatic rings. The molecule has 1 unspecified atom stereocenters. The predicted molar refractivity (Wildman–Crippen MR) is 98.4 cm³/mol. The molecule has 0 fully saturated rings. The molecule has 6 nitrogen and oxygen atoms in total. The Morgan fingerprint density at radius 2 is 2.08 bits per heavy atom. The highest BCUT2D eigenvalue weighted by Crippen LogP contribution is 2.29. The Morgan fingerprint density at radius 3 is 2.92 bits per heavy atom. The Morgan fingerprint density at radius 1 is 1.23 bits per heavy atom. The summed E-state index contributed by atoms with van der Waals surface area (Å²) in [6.07, 6.45) is 0.846. The van der Waals surface area contributed by atoms with Crippen LogP contribution in [0.5, 0.6) is 11.5 Å². The van der Waals surface area contributed by atoms with E-state index in [0.29, 0.717) is 37.2 Å². The highest BCUT2D eigenvalue weighted by atomic mass is 16.5. The lowest BCUT2D eigenvalue weighted by Crippen LogP contribution is -2.39. The van der Waals surface area contributed by atoms with Gasteiger partial charge in [-0.3, -0.25) is 9.59 Å². The van der Waals surface area contributed by atoms with Gasteiger partial charge in [0.25, 0.3) is 5.91 Å². The van der Waals surface area contributed by atoms with E-state index in [0.717, 1.165) is 11.3 Å². The maximum absolute atomic E-state index is 12.0. The molecule has 0 aliphatic carbocycles. The molecule has 26 heavy (non-hydrogen) atoms. The summed E-state index contributed by atoms with van der Waals surface area (Å²) >= 11 is 0. The molecule has 0 saturated carbocycles. The lowest BCUT2D eigenvalue weighted by atomic mass is 10.1. The maximum atomic E-state index is 12.0. The molecule has 0 radical (unpaired) electrons. The molecule has 0 saturated heterocycles. The SMILES string of the molecule is COc1cccc(CCC(=O)NCCC2Oc3ccccc3NC2=O)c1. The Hall–Kier alpha value is -3.02. The lowest BCUT2D eigenvalue weighted by Gasteiger charge is -2.25. The highest BCUT2D eigenvalue weighted by Gasteiger charge is 2.26. The van der Waals surface area contributed by atoms with Gasteiger partial charge in [-0.05, 0) is 36.2 Å². The summed E-state index contributed by atoms with van der Waals surface area (Å²) in [6.45, 7) is 0.386. The first-order valence-corrected chi connectivity index (χ1v) is 8.62. The summed E-state index contributed by atoms with van der Waals surface area (Å²) < 4.78 is 10.9. The molecular formula is C20H22N2O4. The van der Waals surface area contributed by atoms with E-state index in [4.69, 9.17) is 9.47 Å². The second kappa shape index (κ2) is 8.38. The molecule has 1 atom stereocenters. The third kappa shape index (κ3) is 4.53. The van der Waals surface area contributed by atoms with E-state index in [1.54, 1.807) is 13.2 Å². The van der Waals surface area contributed by atoms with Crippen LogP contribution in [0.4, 0.5) is 5.69 Å². The molecule has 3 rings (SSSR count). The van der Waals surface area contributed by atoms with E-state index in [1.807, 2.05) is 42.5 Å². The van der Waals surface area contributed by atoms with Gasteiger partial charge in [-0.15, -0.1) is 0 Å². The van der Waals surface area contributed by atoms with Gasteiger partial charge in [-0.1, -0.05) is 24.3 Å². The van der Waals surface area contributed by atoms with E-state index >= 15 is 0 Å². The third-order valence-corrected chi connectivity index (χ3v) is 4.21. The van der Waals surface area contributed by atoms with Crippen molar-refractivity contribution in [1.29, 1.82) is 0 Å². The fourth-order valence-electron chi connectivity index (χ4n) is 2.80. The van der Waals surface area contributed by atoms with E-state index < -0.39 is 6.10 Å². The summed E-state index contributed by atoms with van der Waals surface area (Å²) in [5.74, 6) is 1.20. The van der Waals surface area contributed by atoms with E-state index in [1.165, 1.54) is 0 Å². The Labute approximate surface area is 152 Å². The van der Waals surface area contributed by atoms with Gasteiger partial charge < -0.3 is 20.1 Å². The second-order valence-electron chi connectivity index (χ2n) is 6.08. The summed E-state index contributed by atoms with van der Waals surface area (Å²) in [7, 11) is 1.62. The average Bonchev–Trinajstić information content (AvgIpc) is 2.67. The number of ether oxygens (including phenoxy) is 2. The number of methoxy groups -OCH3 is 1. The van der Waals surface area contributed by atoms with Crippen LogP contribution >= 0.6 is 0 Å². The maximum Gasteiger partial charge on any atom is 0.265 e. The number of hydrogen-bond donors (Lipinski definition) is 2. The van der Waals surface area contributed by atoms with Crippen LogP contribution in [0.25, 0.3) is 0 Å². The van der Waals surface area contributed by atoms with Crippen molar-refractivity contribution in [3.05, 3.63) is 54.1 Å². The Balaban J connectivity index is 1.42. The number of para-hydroxylation sites is 2. The van der Waals surface area contributed by atoms with Gasteiger partial charge in [0.15, 0.2) is 6.10 Å². The van der Waals surface area contributed by atoms with Crippen molar-refractivity contribution < 1.29 is 19.1 Å². The number of hydrogen-bond acceptors (Lipinski definition) is 4. The number of nitrogens with one attached hydrogen (secondary N) is 2. The van der Waals surface area contributed by atoms with Crippen LogP contribution in [0.3, 0.4) is 0 Å². The number of amides is 2. The van der Waals surface area contributed by atoms with Gasteiger partial charge in [-0.2, -0.15) is 0 Å². The average molecular weight is 354 g/mol. The van der Waals surface area contributed by atoms with Crippen LogP contribution in [0, 0.1) is 0 Å². The molecule has 0 bridgehead atoms. The fraction of sp³-hybridized carbons (Fsp3) is 0.300. The molecule has 2 N–H and O–H groups in total. The highest BCUT2D eigenvalue weighted by molar-refractivity contribution is 5.97. The molecule has 1 heterocycles. The van der Waals surface area contributed by atoms with Crippen molar-refractivity contribution in [2.45, 2.75) is 25.4 Å². The number of benzene rings is 2. The topological polar surface area (TPSA) is 76.7 Å². The smallest absolute Gasteiger partial charge is 0.265 e. The number of fused-ring (bicyclic) bond motifs is 1. The van der Waals surface area contributed by atoms with Crippen LogP contribution in [0.2, 0.25) is 0 Å². The summed E-state index contributed by atoms with van der Waals surface area (Å²) in [4.78, 5) is 24.1. The molecule has 1 aliphatic rings. The van der Waals surface area contributed by atoms with Gasteiger partial charge >= 0.3 is 0 Å². The Bertz CT molecular complexity index is 791. The molecule has 136 valence electrons. The standard InChI is InChI=1S/C20H22N2O4/c1-25-15-6-4-5-14(13-15)9-10-19(23)21-12-11-18-20(24)22-16-7-2-3-8-17(16)26-18/h2-8,13,18H,9-12H2,1H3,(H,21,23)(H,22,24). The zero-order valence-corrected chi connectivity index (χ0v) is 14.7. The quantitative estimate of drug-likeness (QED) is 0.801. The Kier molecular flexibility index (Phi) is 5.73. The van der Waals surface area contributed by atoms with Crippen molar-refractivity contribution in [2.75, 3.05) is 19.0 Å². The number of rotatable bonds is 7. The lowest BCUT2D eigenvalue weighted by molar-refractivity contribution is -0.125. The van der Waals surface area contributed by atoms with Crippen molar-refractivity contribution in [3.63, 3.8) is 0 Å². The van der Waals surface area contributed by atoms with E-state index in [-0.39, 0.29) is 11.8 Å². The van der Waals surface area contributed by atoms with Gasteiger partial charge in [-0.25, -0.2) is 0 Å². The van der Waals surface area contributed by atoms with Crippen LogP contribution in [-0.4, -0.2) is 31.6 Å². The van der Waals surface area contributed by atoms with Crippen LogP contribution in [0.15, 0.2) is 48.5 Å². The van der Waals surface area contributed by atoms with Gasteiger partial charge in [0, 0.05) is 19.4 Å². The normalized spacial score (nSPS) is 15.4. The monoisotopic (exact) mass is 354 g/mol. The number of carbonyl (C=O) groups excluding carboxylic acids is 2. The molecule has 1 aliphatic heterocycles. The van der Waals surface area contributed by atoms with Crippen molar-refractivity contribution in [3.8, 4) is 11.5 Å². The molecule has 0 aromatic heterocycles. The van der Waals surface area contributed by atoms with Gasteiger partial charge in [0.2, 0.25) is 5.91 Å². The first-order valence-electron chi connectivity index (χ1n) is 8.62. The molecule has 0 spiro atoms. The minimum Gasteiger partial charge on any atom is -0.497 e. The molecule has 6 heteroatoms. The minimum atomic E-state index is -0.594. The van der Waals surface area contributed by atoms with E-state index in [9.17, 15) is 9.59 Å². The number of aryl methyl sites for hydroxylation is 1.